The zero-order valence-corrected chi connectivity index (χ0v) is 15.8. The standard InChI is InChI=1S/C20H16ClF2NO4/c1-3-28-16(25)8-13-10(2)24(20(27)11-4-6-12(21)7-5-11)15-9-14(22)19(26)18(23)17(13)15/h4-7,9,26H,3,8H2,1-2H3. The second kappa shape index (κ2) is 7.59. The van der Waals surface area contributed by atoms with Gasteiger partial charge in [0.2, 0.25) is 0 Å². The van der Waals surface area contributed by atoms with Crippen LogP contribution in [-0.2, 0) is 16.0 Å². The van der Waals surface area contributed by atoms with E-state index in [0.29, 0.717) is 5.02 Å². The third kappa shape index (κ3) is 3.33. The lowest BCUT2D eigenvalue weighted by Crippen LogP contribution is -2.14. The molecule has 0 bridgehead atoms. The summed E-state index contributed by atoms with van der Waals surface area (Å²) in [6.07, 6.45) is -0.334. The van der Waals surface area contributed by atoms with Crippen molar-refractivity contribution >= 4 is 34.4 Å². The summed E-state index contributed by atoms with van der Waals surface area (Å²) in [6.45, 7) is 3.26. The molecular formula is C20H16ClF2NO4. The quantitative estimate of drug-likeness (QED) is 0.652. The topological polar surface area (TPSA) is 68.5 Å². The Bertz CT molecular complexity index is 1090. The Morgan fingerprint density at radius 1 is 1.21 bits per heavy atom. The molecule has 1 aromatic heterocycles. The highest BCUT2D eigenvalue weighted by Crippen LogP contribution is 2.35. The maximum absolute atomic E-state index is 14.7. The van der Waals surface area contributed by atoms with E-state index in [1.807, 2.05) is 0 Å². The third-order valence-corrected chi connectivity index (χ3v) is 4.66. The van der Waals surface area contributed by atoms with Crippen molar-refractivity contribution in [2.24, 2.45) is 0 Å². The Balaban J connectivity index is 2.27. The summed E-state index contributed by atoms with van der Waals surface area (Å²) < 4.78 is 34.7. The third-order valence-electron chi connectivity index (χ3n) is 4.41. The van der Waals surface area contributed by atoms with Crippen LogP contribution in [0.2, 0.25) is 5.02 Å². The van der Waals surface area contributed by atoms with Crippen LogP contribution in [0.5, 0.6) is 5.75 Å². The van der Waals surface area contributed by atoms with E-state index in [9.17, 15) is 23.5 Å². The maximum Gasteiger partial charge on any atom is 0.310 e. The van der Waals surface area contributed by atoms with Crippen LogP contribution in [0.4, 0.5) is 8.78 Å². The second-order valence-corrected chi connectivity index (χ2v) is 6.54. The first-order chi connectivity index (χ1) is 13.3. The van der Waals surface area contributed by atoms with E-state index in [-0.39, 0.29) is 40.8 Å². The molecule has 1 heterocycles. The SMILES string of the molecule is CCOC(=O)Cc1c(C)n(C(=O)c2ccc(Cl)cc2)c2cc(F)c(O)c(F)c12. The van der Waals surface area contributed by atoms with Crippen molar-refractivity contribution in [1.82, 2.24) is 4.57 Å². The number of esters is 1. The molecule has 1 N–H and O–H groups in total. The molecule has 0 saturated carbocycles. The van der Waals surface area contributed by atoms with Gasteiger partial charge in [0, 0.05) is 27.7 Å². The van der Waals surface area contributed by atoms with Crippen LogP contribution in [0, 0.1) is 18.6 Å². The first-order valence-electron chi connectivity index (χ1n) is 8.43. The number of phenolic OH excluding ortho intramolecular Hbond substituents is 1. The molecule has 0 aliphatic heterocycles. The fourth-order valence-corrected chi connectivity index (χ4v) is 3.24. The van der Waals surface area contributed by atoms with Crippen LogP contribution in [0.3, 0.4) is 0 Å². The number of halogens is 3. The van der Waals surface area contributed by atoms with E-state index >= 15 is 0 Å². The molecule has 0 saturated heterocycles. The number of nitrogens with zero attached hydrogens (tertiary/aromatic N) is 1. The number of carbonyl (C=O) groups is 2. The number of rotatable bonds is 4. The normalized spacial score (nSPS) is 11.0. The van der Waals surface area contributed by atoms with Crippen molar-refractivity contribution in [2.75, 3.05) is 6.61 Å². The number of phenols is 1. The number of ether oxygens (including phenoxy) is 1. The van der Waals surface area contributed by atoms with Gasteiger partial charge in [0.25, 0.3) is 5.91 Å². The Labute approximate surface area is 164 Å². The summed E-state index contributed by atoms with van der Waals surface area (Å²) in [5.41, 5.74) is 0.529. The van der Waals surface area contributed by atoms with Gasteiger partial charge in [-0.2, -0.15) is 0 Å². The molecule has 0 aliphatic rings. The zero-order chi connectivity index (χ0) is 20.6. The van der Waals surface area contributed by atoms with Gasteiger partial charge in [0.05, 0.1) is 18.5 Å². The second-order valence-electron chi connectivity index (χ2n) is 6.11. The number of aromatic hydroxyl groups is 1. The Morgan fingerprint density at radius 3 is 2.46 bits per heavy atom. The largest absolute Gasteiger partial charge is 0.503 e. The molecule has 0 unspecified atom stereocenters. The van der Waals surface area contributed by atoms with Crippen molar-refractivity contribution in [2.45, 2.75) is 20.3 Å². The van der Waals surface area contributed by atoms with E-state index in [0.717, 1.165) is 10.6 Å². The van der Waals surface area contributed by atoms with Gasteiger partial charge in [-0.1, -0.05) is 11.6 Å². The van der Waals surface area contributed by atoms with E-state index < -0.39 is 29.3 Å². The monoisotopic (exact) mass is 407 g/mol. The minimum absolute atomic E-state index is 0.0930. The van der Waals surface area contributed by atoms with Crippen LogP contribution >= 0.6 is 11.6 Å². The summed E-state index contributed by atoms with van der Waals surface area (Å²) in [4.78, 5) is 25.0. The Hall–Kier alpha value is -2.93. The molecule has 146 valence electrons. The van der Waals surface area contributed by atoms with Gasteiger partial charge in [-0.3, -0.25) is 14.2 Å². The fourth-order valence-electron chi connectivity index (χ4n) is 3.11. The van der Waals surface area contributed by atoms with Crippen molar-refractivity contribution < 1.29 is 28.2 Å². The molecule has 3 aromatic rings. The van der Waals surface area contributed by atoms with E-state index in [1.54, 1.807) is 6.92 Å². The maximum atomic E-state index is 14.7. The molecular weight excluding hydrogens is 392 g/mol. The Kier molecular flexibility index (Phi) is 5.38. The van der Waals surface area contributed by atoms with Crippen molar-refractivity contribution in [3.63, 3.8) is 0 Å². The molecule has 0 fully saturated rings. The van der Waals surface area contributed by atoms with Gasteiger partial charge in [-0.15, -0.1) is 0 Å². The lowest BCUT2D eigenvalue weighted by Gasteiger charge is -2.08. The van der Waals surface area contributed by atoms with Crippen LogP contribution in [0.1, 0.15) is 28.5 Å². The first-order valence-corrected chi connectivity index (χ1v) is 8.80. The minimum atomic E-state index is -1.24. The molecule has 0 atom stereocenters. The van der Waals surface area contributed by atoms with Crippen molar-refractivity contribution in [3.8, 4) is 5.75 Å². The molecule has 0 spiro atoms. The smallest absolute Gasteiger partial charge is 0.310 e. The number of fused-ring (bicyclic) bond motifs is 1. The van der Waals surface area contributed by atoms with Crippen molar-refractivity contribution in [3.05, 3.63) is 63.8 Å². The zero-order valence-electron chi connectivity index (χ0n) is 15.1. The van der Waals surface area contributed by atoms with Crippen LogP contribution in [-0.4, -0.2) is 28.2 Å². The number of aromatic nitrogens is 1. The lowest BCUT2D eigenvalue weighted by molar-refractivity contribution is -0.142. The molecule has 28 heavy (non-hydrogen) atoms. The molecule has 3 rings (SSSR count). The predicted molar refractivity (Wildman–Crippen MR) is 99.8 cm³/mol. The van der Waals surface area contributed by atoms with E-state index in [1.165, 1.54) is 31.2 Å². The lowest BCUT2D eigenvalue weighted by atomic mass is 10.1. The van der Waals surface area contributed by atoms with Crippen LogP contribution in [0.25, 0.3) is 10.9 Å². The van der Waals surface area contributed by atoms with E-state index in [2.05, 4.69) is 0 Å². The molecule has 8 heteroatoms. The van der Waals surface area contributed by atoms with Gasteiger partial charge in [-0.05, 0) is 43.7 Å². The van der Waals surface area contributed by atoms with Gasteiger partial charge in [0.15, 0.2) is 17.4 Å². The average Bonchev–Trinajstić information content (AvgIpc) is 2.91. The average molecular weight is 408 g/mol. The fraction of sp³-hybridized carbons (Fsp3) is 0.200. The molecule has 0 radical (unpaired) electrons. The predicted octanol–water partition coefficient (Wildman–Crippen LogP) is 4.38. The van der Waals surface area contributed by atoms with Crippen LogP contribution < -0.4 is 0 Å². The van der Waals surface area contributed by atoms with Gasteiger partial charge in [-0.25, -0.2) is 8.78 Å². The molecule has 0 aliphatic carbocycles. The van der Waals surface area contributed by atoms with Gasteiger partial charge in [0.1, 0.15) is 0 Å². The summed E-state index contributed by atoms with van der Waals surface area (Å²) in [5.74, 6) is -4.81. The Morgan fingerprint density at radius 2 is 1.86 bits per heavy atom. The number of hydrogen-bond donors (Lipinski definition) is 1. The summed E-state index contributed by atoms with van der Waals surface area (Å²) >= 11 is 5.84. The highest BCUT2D eigenvalue weighted by atomic mass is 35.5. The highest BCUT2D eigenvalue weighted by Gasteiger charge is 2.27. The number of carbonyl (C=O) groups excluding carboxylic acids is 2. The highest BCUT2D eigenvalue weighted by molar-refractivity contribution is 6.30. The number of benzene rings is 2. The van der Waals surface area contributed by atoms with Gasteiger partial charge < -0.3 is 9.84 Å². The van der Waals surface area contributed by atoms with Crippen LogP contribution in [0.15, 0.2) is 30.3 Å². The van der Waals surface area contributed by atoms with E-state index in [4.69, 9.17) is 16.3 Å². The summed E-state index contributed by atoms with van der Waals surface area (Å²) in [5, 5.41) is 9.90. The number of hydrogen-bond acceptors (Lipinski definition) is 4. The van der Waals surface area contributed by atoms with Crippen molar-refractivity contribution in [1.29, 1.82) is 0 Å². The molecule has 2 aromatic carbocycles. The molecule has 5 nitrogen and oxygen atoms in total. The first kappa shape index (κ1) is 19.8. The van der Waals surface area contributed by atoms with Gasteiger partial charge >= 0.3 is 5.97 Å². The summed E-state index contributed by atoms with van der Waals surface area (Å²) in [6, 6.07) is 6.86. The summed E-state index contributed by atoms with van der Waals surface area (Å²) in [7, 11) is 0. The molecule has 0 amide bonds. The minimum Gasteiger partial charge on any atom is -0.503 e.